The first-order valence-electron chi connectivity index (χ1n) is 4.52. The van der Waals surface area contributed by atoms with Crippen molar-refractivity contribution in [1.82, 2.24) is 9.97 Å². The zero-order chi connectivity index (χ0) is 10.7. The molecule has 0 unspecified atom stereocenters. The summed E-state index contributed by atoms with van der Waals surface area (Å²) in [6, 6.07) is 0.573. The Morgan fingerprint density at radius 1 is 1.53 bits per heavy atom. The predicted octanol–water partition coefficient (Wildman–Crippen LogP) is 1.23. The predicted molar refractivity (Wildman–Crippen MR) is 58.6 cm³/mol. The standard InChI is InChI=1S/C9H12N4OS/c1-13(3-8-5-15-6-11-8)9-12-7(2-10)4-14-9/h4-6H,2-3,10H2,1H3. The van der Waals surface area contributed by atoms with Crippen LogP contribution in [0.4, 0.5) is 6.01 Å². The molecule has 15 heavy (non-hydrogen) atoms. The van der Waals surface area contributed by atoms with Gasteiger partial charge in [-0.05, 0) is 0 Å². The van der Waals surface area contributed by atoms with Gasteiger partial charge >= 0.3 is 0 Å². The van der Waals surface area contributed by atoms with Gasteiger partial charge in [0, 0.05) is 19.0 Å². The molecule has 2 aromatic rings. The SMILES string of the molecule is CN(Cc1cscn1)c1nc(CN)co1. The highest BCUT2D eigenvalue weighted by atomic mass is 32.1. The highest BCUT2D eigenvalue weighted by Gasteiger charge is 2.09. The molecule has 0 aliphatic heterocycles. The summed E-state index contributed by atoms with van der Waals surface area (Å²) in [6.07, 6.45) is 1.58. The smallest absolute Gasteiger partial charge is 0.297 e. The molecule has 0 atom stereocenters. The third-order valence-corrected chi connectivity index (χ3v) is 2.59. The van der Waals surface area contributed by atoms with E-state index in [2.05, 4.69) is 9.97 Å². The Hall–Kier alpha value is -1.40. The van der Waals surface area contributed by atoms with E-state index in [4.69, 9.17) is 10.2 Å². The molecular formula is C9H12N4OS. The molecule has 0 saturated heterocycles. The number of nitrogens with zero attached hydrogens (tertiary/aromatic N) is 3. The lowest BCUT2D eigenvalue weighted by Crippen LogP contribution is -2.17. The van der Waals surface area contributed by atoms with E-state index < -0.39 is 0 Å². The monoisotopic (exact) mass is 224 g/mol. The van der Waals surface area contributed by atoms with E-state index in [-0.39, 0.29) is 0 Å². The van der Waals surface area contributed by atoms with Gasteiger partial charge in [-0.1, -0.05) is 0 Å². The Labute approximate surface area is 91.6 Å². The molecule has 0 radical (unpaired) electrons. The zero-order valence-corrected chi connectivity index (χ0v) is 9.20. The van der Waals surface area contributed by atoms with Crippen molar-refractivity contribution in [2.45, 2.75) is 13.1 Å². The lowest BCUT2D eigenvalue weighted by Gasteiger charge is -2.11. The van der Waals surface area contributed by atoms with E-state index in [1.807, 2.05) is 22.8 Å². The van der Waals surface area contributed by atoms with Crippen molar-refractivity contribution in [1.29, 1.82) is 0 Å². The van der Waals surface area contributed by atoms with Crippen LogP contribution in [0.3, 0.4) is 0 Å². The van der Waals surface area contributed by atoms with Crippen molar-refractivity contribution in [2.75, 3.05) is 11.9 Å². The van der Waals surface area contributed by atoms with Crippen LogP contribution in [-0.4, -0.2) is 17.0 Å². The van der Waals surface area contributed by atoms with Crippen molar-refractivity contribution in [3.63, 3.8) is 0 Å². The summed E-state index contributed by atoms with van der Waals surface area (Å²) >= 11 is 1.58. The summed E-state index contributed by atoms with van der Waals surface area (Å²) in [5, 5.41) is 2.00. The molecule has 2 N–H and O–H groups in total. The van der Waals surface area contributed by atoms with Gasteiger partial charge in [-0.15, -0.1) is 11.3 Å². The Bertz CT molecular complexity index is 411. The van der Waals surface area contributed by atoms with Gasteiger partial charge in [-0.2, -0.15) is 4.98 Å². The van der Waals surface area contributed by atoms with E-state index in [1.165, 1.54) is 0 Å². The lowest BCUT2D eigenvalue weighted by molar-refractivity contribution is 0.543. The number of thiazole rings is 1. The molecule has 0 aliphatic rings. The molecule has 2 heterocycles. The summed E-state index contributed by atoms with van der Waals surface area (Å²) < 4.78 is 5.28. The van der Waals surface area contributed by atoms with Gasteiger partial charge in [-0.3, -0.25) is 0 Å². The number of oxazole rings is 1. The maximum Gasteiger partial charge on any atom is 0.297 e. The topological polar surface area (TPSA) is 68.2 Å². The van der Waals surface area contributed by atoms with Crippen LogP contribution in [0.15, 0.2) is 21.6 Å². The second kappa shape index (κ2) is 4.41. The van der Waals surface area contributed by atoms with Crippen molar-refractivity contribution in [3.8, 4) is 0 Å². The summed E-state index contributed by atoms with van der Waals surface area (Å²) in [6.45, 7) is 1.09. The summed E-state index contributed by atoms with van der Waals surface area (Å²) in [5.74, 6) is 0. The normalized spacial score (nSPS) is 10.5. The van der Waals surface area contributed by atoms with Crippen LogP contribution in [0.5, 0.6) is 0 Å². The van der Waals surface area contributed by atoms with Gasteiger partial charge in [0.2, 0.25) is 0 Å². The van der Waals surface area contributed by atoms with Crippen molar-refractivity contribution in [2.24, 2.45) is 5.73 Å². The van der Waals surface area contributed by atoms with Crippen molar-refractivity contribution < 1.29 is 4.42 Å². The van der Waals surface area contributed by atoms with Crippen molar-refractivity contribution >= 4 is 17.4 Å². The van der Waals surface area contributed by atoms with Crippen LogP contribution in [0, 0.1) is 0 Å². The van der Waals surface area contributed by atoms with Crippen LogP contribution < -0.4 is 10.6 Å². The molecule has 6 heteroatoms. The van der Waals surface area contributed by atoms with E-state index in [0.29, 0.717) is 19.1 Å². The first-order chi connectivity index (χ1) is 7.29. The van der Waals surface area contributed by atoms with Gasteiger partial charge in [0.15, 0.2) is 0 Å². The highest BCUT2D eigenvalue weighted by Crippen LogP contribution is 2.14. The Balaban J connectivity index is 2.04. The first kappa shape index (κ1) is 10.1. The molecule has 0 aromatic carbocycles. The Morgan fingerprint density at radius 2 is 2.40 bits per heavy atom. The van der Waals surface area contributed by atoms with E-state index in [0.717, 1.165) is 11.4 Å². The summed E-state index contributed by atoms with van der Waals surface area (Å²) in [7, 11) is 1.91. The number of hydrogen-bond acceptors (Lipinski definition) is 6. The van der Waals surface area contributed by atoms with Crippen LogP contribution in [-0.2, 0) is 13.1 Å². The number of aromatic nitrogens is 2. The van der Waals surface area contributed by atoms with Gasteiger partial charge in [0.1, 0.15) is 6.26 Å². The van der Waals surface area contributed by atoms with Gasteiger partial charge in [-0.25, -0.2) is 4.98 Å². The molecule has 0 aliphatic carbocycles. The zero-order valence-electron chi connectivity index (χ0n) is 8.38. The fourth-order valence-electron chi connectivity index (χ4n) is 1.19. The number of nitrogens with two attached hydrogens (primary N) is 1. The number of hydrogen-bond donors (Lipinski definition) is 1. The maximum absolute atomic E-state index is 5.45. The van der Waals surface area contributed by atoms with E-state index in [9.17, 15) is 0 Å². The first-order valence-corrected chi connectivity index (χ1v) is 5.46. The Kier molecular flexibility index (Phi) is 2.98. The van der Waals surface area contributed by atoms with Crippen LogP contribution >= 0.6 is 11.3 Å². The molecule has 0 fully saturated rings. The van der Waals surface area contributed by atoms with Crippen LogP contribution in [0.2, 0.25) is 0 Å². The average molecular weight is 224 g/mol. The number of rotatable bonds is 4. The van der Waals surface area contributed by atoms with Gasteiger partial charge < -0.3 is 15.1 Å². The van der Waals surface area contributed by atoms with Crippen LogP contribution in [0.25, 0.3) is 0 Å². The molecule has 80 valence electrons. The molecule has 0 bridgehead atoms. The second-order valence-corrected chi connectivity index (χ2v) is 3.88. The minimum absolute atomic E-state index is 0.397. The fourth-order valence-corrected chi connectivity index (χ4v) is 1.74. The van der Waals surface area contributed by atoms with Crippen molar-refractivity contribution in [3.05, 3.63) is 28.5 Å². The molecule has 0 amide bonds. The fraction of sp³-hybridized carbons (Fsp3) is 0.333. The maximum atomic E-state index is 5.45. The molecule has 2 aromatic heterocycles. The van der Waals surface area contributed by atoms with Gasteiger partial charge in [0.05, 0.1) is 23.4 Å². The minimum Gasteiger partial charge on any atom is -0.432 e. The lowest BCUT2D eigenvalue weighted by atomic mass is 10.4. The number of anilines is 1. The van der Waals surface area contributed by atoms with Crippen LogP contribution in [0.1, 0.15) is 11.4 Å². The summed E-state index contributed by atoms with van der Waals surface area (Å²) in [4.78, 5) is 10.3. The second-order valence-electron chi connectivity index (χ2n) is 3.16. The minimum atomic E-state index is 0.397. The third-order valence-electron chi connectivity index (χ3n) is 1.96. The van der Waals surface area contributed by atoms with E-state index in [1.54, 1.807) is 17.6 Å². The average Bonchev–Trinajstić information content (AvgIpc) is 2.86. The summed E-state index contributed by atoms with van der Waals surface area (Å²) in [5.41, 5.74) is 9.03. The van der Waals surface area contributed by atoms with Gasteiger partial charge in [0.25, 0.3) is 6.01 Å². The quantitative estimate of drug-likeness (QED) is 0.845. The molecule has 2 rings (SSSR count). The third kappa shape index (κ3) is 2.34. The Morgan fingerprint density at radius 3 is 3.00 bits per heavy atom. The highest BCUT2D eigenvalue weighted by molar-refractivity contribution is 7.07. The molecule has 0 saturated carbocycles. The van der Waals surface area contributed by atoms with E-state index >= 15 is 0 Å². The molecular weight excluding hydrogens is 212 g/mol. The molecule has 5 nitrogen and oxygen atoms in total. The molecule has 0 spiro atoms. The largest absolute Gasteiger partial charge is 0.432 e.